The largest absolute Gasteiger partial charge is 0.383 e. The van der Waals surface area contributed by atoms with Gasteiger partial charge < -0.3 is 15.4 Å². The van der Waals surface area contributed by atoms with Crippen molar-refractivity contribution in [1.82, 2.24) is 10.6 Å². The number of piperidine rings is 1. The molecular weight excluding hydrogens is 240 g/mol. The first kappa shape index (κ1) is 16.4. The van der Waals surface area contributed by atoms with Crippen LogP contribution < -0.4 is 10.6 Å². The summed E-state index contributed by atoms with van der Waals surface area (Å²) in [7, 11) is 1.69. The van der Waals surface area contributed by atoms with Crippen LogP contribution in [0.15, 0.2) is 0 Å². The van der Waals surface area contributed by atoms with Gasteiger partial charge >= 0.3 is 0 Å². The molecule has 1 aliphatic rings. The third kappa shape index (κ3) is 4.46. The molecule has 0 spiro atoms. The summed E-state index contributed by atoms with van der Waals surface area (Å²) in [6, 6.07) is 0.112. The standard InChI is InChI=1S/C15H30N2O2/c1-5-6-15(7-9-16-10-8-15)14(18)17-13(11-19-4)12(2)3/h12-13,16H,5-11H2,1-4H3,(H,17,18). The Morgan fingerprint density at radius 2 is 2.00 bits per heavy atom. The highest BCUT2D eigenvalue weighted by Crippen LogP contribution is 2.34. The van der Waals surface area contributed by atoms with E-state index in [-0.39, 0.29) is 17.4 Å². The second kappa shape index (κ2) is 7.85. The molecule has 0 aromatic heterocycles. The zero-order chi connectivity index (χ0) is 14.3. The highest BCUT2D eigenvalue weighted by Gasteiger charge is 2.39. The number of nitrogens with one attached hydrogen (secondary N) is 2. The minimum absolute atomic E-state index is 0.112. The molecule has 0 bridgehead atoms. The molecule has 1 heterocycles. The Balaban J connectivity index is 2.70. The summed E-state index contributed by atoms with van der Waals surface area (Å²) < 4.78 is 5.22. The summed E-state index contributed by atoms with van der Waals surface area (Å²) in [6.45, 7) is 8.89. The zero-order valence-corrected chi connectivity index (χ0v) is 12.9. The quantitative estimate of drug-likeness (QED) is 0.743. The van der Waals surface area contributed by atoms with E-state index in [1.807, 2.05) is 0 Å². The summed E-state index contributed by atoms with van der Waals surface area (Å²) in [5.74, 6) is 0.621. The van der Waals surface area contributed by atoms with Crippen LogP contribution in [0.4, 0.5) is 0 Å². The highest BCUT2D eigenvalue weighted by atomic mass is 16.5. The first-order chi connectivity index (χ1) is 9.05. The maximum absolute atomic E-state index is 12.7. The first-order valence-corrected chi connectivity index (χ1v) is 7.56. The monoisotopic (exact) mass is 270 g/mol. The average molecular weight is 270 g/mol. The van der Waals surface area contributed by atoms with Crippen molar-refractivity contribution in [2.24, 2.45) is 11.3 Å². The van der Waals surface area contributed by atoms with Crippen LogP contribution in [0.5, 0.6) is 0 Å². The molecule has 0 saturated carbocycles. The third-order valence-electron chi connectivity index (χ3n) is 4.24. The molecule has 1 aliphatic heterocycles. The zero-order valence-electron chi connectivity index (χ0n) is 12.9. The molecule has 112 valence electrons. The van der Waals surface area contributed by atoms with Gasteiger partial charge in [0.15, 0.2) is 0 Å². The van der Waals surface area contributed by atoms with Crippen LogP contribution in [-0.2, 0) is 9.53 Å². The van der Waals surface area contributed by atoms with E-state index >= 15 is 0 Å². The summed E-state index contributed by atoms with van der Waals surface area (Å²) >= 11 is 0. The van der Waals surface area contributed by atoms with Gasteiger partial charge in [0, 0.05) is 7.11 Å². The van der Waals surface area contributed by atoms with Gasteiger partial charge in [-0.3, -0.25) is 4.79 Å². The van der Waals surface area contributed by atoms with Gasteiger partial charge in [0.25, 0.3) is 0 Å². The van der Waals surface area contributed by atoms with E-state index in [0.29, 0.717) is 12.5 Å². The summed E-state index contributed by atoms with van der Waals surface area (Å²) in [5.41, 5.74) is -0.166. The van der Waals surface area contributed by atoms with Crippen molar-refractivity contribution < 1.29 is 9.53 Å². The summed E-state index contributed by atoms with van der Waals surface area (Å²) in [4.78, 5) is 12.7. The molecule has 0 aromatic rings. The van der Waals surface area contributed by atoms with Gasteiger partial charge in [0.1, 0.15) is 0 Å². The number of carbonyl (C=O) groups excluding carboxylic acids is 1. The molecule has 1 atom stereocenters. The highest BCUT2D eigenvalue weighted by molar-refractivity contribution is 5.83. The van der Waals surface area contributed by atoms with Crippen LogP contribution in [0.3, 0.4) is 0 Å². The van der Waals surface area contributed by atoms with E-state index in [9.17, 15) is 4.79 Å². The lowest BCUT2D eigenvalue weighted by atomic mass is 9.74. The maximum atomic E-state index is 12.7. The van der Waals surface area contributed by atoms with Crippen LogP contribution in [0, 0.1) is 11.3 Å². The molecule has 0 aliphatic carbocycles. The Kier molecular flexibility index (Phi) is 6.80. The average Bonchev–Trinajstić information content (AvgIpc) is 2.39. The van der Waals surface area contributed by atoms with Gasteiger partial charge in [-0.2, -0.15) is 0 Å². The fourth-order valence-corrected chi connectivity index (χ4v) is 2.88. The smallest absolute Gasteiger partial charge is 0.226 e. The minimum atomic E-state index is -0.166. The van der Waals surface area contributed by atoms with Crippen LogP contribution >= 0.6 is 0 Å². The van der Waals surface area contributed by atoms with Crippen molar-refractivity contribution in [2.45, 2.75) is 52.5 Å². The molecule has 0 aromatic carbocycles. The van der Waals surface area contributed by atoms with Crippen molar-refractivity contribution >= 4 is 5.91 Å². The lowest BCUT2D eigenvalue weighted by Gasteiger charge is -2.38. The lowest BCUT2D eigenvalue weighted by molar-refractivity contribution is -0.134. The summed E-state index contributed by atoms with van der Waals surface area (Å²) in [5, 5.41) is 6.57. The Hall–Kier alpha value is -0.610. The number of carbonyl (C=O) groups is 1. The second-order valence-corrected chi connectivity index (χ2v) is 6.06. The fraction of sp³-hybridized carbons (Fsp3) is 0.933. The third-order valence-corrected chi connectivity index (χ3v) is 4.24. The van der Waals surface area contributed by atoms with E-state index in [1.54, 1.807) is 7.11 Å². The predicted octanol–water partition coefficient (Wildman–Crippen LogP) is 1.94. The van der Waals surface area contributed by atoms with Crippen molar-refractivity contribution in [3.05, 3.63) is 0 Å². The number of rotatable bonds is 7. The minimum Gasteiger partial charge on any atom is -0.383 e. The molecule has 1 saturated heterocycles. The molecule has 19 heavy (non-hydrogen) atoms. The second-order valence-electron chi connectivity index (χ2n) is 6.06. The fourth-order valence-electron chi connectivity index (χ4n) is 2.88. The van der Waals surface area contributed by atoms with E-state index in [2.05, 4.69) is 31.4 Å². The van der Waals surface area contributed by atoms with Gasteiger partial charge in [0.05, 0.1) is 18.1 Å². The molecule has 0 radical (unpaired) electrons. The number of methoxy groups -OCH3 is 1. The maximum Gasteiger partial charge on any atom is 0.226 e. The van der Waals surface area contributed by atoms with Crippen molar-refractivity contribution in [2.75, 3.05) is 26.8 Å². The number of amides is 1. The van der Waals surface area contributed by atoms with E-state index in [4.69, 9.17) is 4.74 Å². The molecule has 1 unspecified atom stereocenters. The molecule has 1 fully saturated rings. The molecule has 4 nitrogen and oxygen atoms in total. The lowest BCUT2D eigenvalue weighted by Crippen LogP contribution is -2.52. The van der Waals surface area contributed by atoms with Gasteiger partial charge in [0.2, 0.25) is 5.91 Å². The Morgan fingerprint density at radius 1 is 1.37 bits per heavy atom. The molecular formula is C15H30N2O2. The van der Waals surface area contributed by atoms with Crippen LogP contribution in [-0.4, -0.2) is 38.8 Å². The SMILES string of the molecule is CCCC1(C(=O)NC(COC)C(C)C)CCNCC1. The summed E-state index contributed by atoms with van der Waals surface area (Å²) in [6.07, 6.45) is 3.94. The van der Waals surface area contributed by atoms with E-state index in [0.717, 1.165) is 38.8 Å². The van der Waals surface area contributed by atoms with E-state index in [1.165, 1.54) is 0 Å². The van der Waals surface area contributed by atoms with Crippen LogP contribution in [0.1, 0.15) is 46.5 Å². The molecule has 1 amide bonds. The molecule has 1 rings (SSSR count). The Morgan fingerprint density at radius 3 is 2.47 bits per heavy atom. The topological polar surface area (TPSA) is 50.4 Å². The van der Waals surface area contributed by atoms with Crippen LogP contribution in [0.2, 0.25) is 0 Å². The van der Waals surface area contributed by atoms with Crippen LogP contribution in [0.25, 0.3) is 0 Å². The first-order valence-electron chi connectivity index (χ1n) is 7.56. The normalized spacial score (nSPS) is 20.3. The number of ether oxygens (including phenoxy) is 1. The van der Waals surface area contributed by atoms with Gasteiger partial charge in [-0.05, 0) is 38.3 Å². The number of hydrogen-bond donors (Lipinski definition) is 2. The van der Waals surface area contributed by atoms with Crippen molar-refractivity contribution in [3.63, 3.8) is 0 Å². The van der Waals surface area contributed by atoms with E-state index < -0.39 is 0 Å². The van der Waals surface area contributed by atoms with Gasteiger partial charge in [-0.1, -0.05) is 27.2 Å². The molecule has 2 N–H and O–H groups in total. The number of hydrogen-bond acceptors (Lipinski definition) is 3. The Bertz CT molecular complexity index is 268. The van der Waals surface area contributed by atoms with Crippen molar-refractivity contribution in [3.8, 4) is 0 Å². The Labute approximate surface area is 117 Å². The van der Waals surface area contributed by atoms with Crippen molar-refractivity contribution in [1.29, 1.82) is 0 Å². The molecule has 4 heteroatoms. The van der Waals surface area contributed by atoms with Gasteiger partial charge in [-0.15, -0.1) is 0 Å². The van der Waals surface area contributed by atoms with Gasteiger partial charge in [-0.25, -0.2) is 0 Å². The predicted molar refractivity (Wildman–Crippen MR) is 78.1 cm³/mol.